The van der Waals surface area contributed by atoms with Crippen molar-refractivity contribution in [3.05, 3.63) is 42.2 Å². The van der Waals surface area contributed by atoms with Crippen molar-refractivity contribution in [3.63, 3.8) is 0 Å². The number of rotatable bonds is 8. The number of benzene rings is 2. The Morgan fingerprint density at radius 3 is 2.69 bits per heavy atom. The second-order valence-electron chi connectivity index (χ2n) is 9.41. The summed E-state index contributed by atoms with van der Waals surface area (Å²) in [5, 5.41) is 5.51. The predicted molar refractivity (Wildman–Crippen MR) is 146 cm³/mol. The normalized spacial score (nSPS) is 17.8. The summed E-state index contributed by atoms with van der Waals surface area (Å²) in [4.78, 5) is 50.9. The molecule has 2 fully saturated rings. The van der Waals surface area contributed by atoms with Gasteiger partial charge >= 0.3 is 6.09 Å². The number of imidazole rings is 1. The first-order valence-electron chi connectivity index (χ1n) is 12.4. The highest BCUT2D eigenvalue weighted by atomic mass is 35.5. The molecule has 3 heterocycles. The molecule has 0 spiro atoms. The number of aromatic nitrogens is 2. The lowest BCUT2D eigenvalue weighted by Crippen LogP contribution is -2.49. The van der Waals surface area contributed by atoms with Crippen molar-refractivity contribution >= 4 is 63.7 Å². The molecule has 1 atom stereocenters. The summed E-state index contributed by atoms with van der Waals surface area (Å²) in [6.45, 7) is 4.28. The fourth-order valence-corrected chi connectivity index (χ4v) is 4.79. The van der Waals surface area contributed by atoms with Crippen LogP contribution < -0.4 is 25.3 Å². The molecule has 12 nitrogen and oxygen atoms in total. The second kappa shape index (κ2) is 11.3. The van der Waals surface area contributed by atoms with Crippen LogP contribution >= 0.6 is 11.8 Å². The quantitative estimate of drug-likeness (QED) is 0.310. The van der Waals surface area contributed by atoms with E-state index in [0.717, 1.165) is 11.0 Å². The number of carbonyl (C=O) groups excluding carboxylic acids is 3. The molecule has 39 heavy (non-hydrogen) atoms. The molecular weight excluding hydrogens is 531 g/mol. The van der Waals surface area contributed by atoms with Crippen molar-refractivity contribution < 1.29 is 23.5 Å². The number of fused-ring (bicyclic) bond motifs is 1. The van der Waals surface area contributed by atoms with E-state index < -0.39 is 18.0 Å². The Labute approximate surface area is 228 Å². The van der Waals surface area contributed by atoms with Crippen LogP contribution in [-0.2, 0) is 14.3 Å². The summed E-state index contributed by atoms with van der Waals surface area (Å²) in [5.41, 5.74) is 2.93. The van der Waals surface area contributed by atoms with E-state index >= 15 is 4.39 Å². The van der Waals surface area contributed by atoms with Gasteiger partial charge in [0.2, 0.25) is 17.8 Å². The van der Waals surface area contributed by atoms with E-state index in [1.54, 1.807) is 30.3 Å². The molecule has 206 valence electrons. The van der Waals surface area contributed by atoms with Crippen molar-refractivity contribution in [1.82, 2.24) is 20.2 Å². The molecule has 1 aromatic heterocycles. The largest absolute Gasteiger partial charge is 0.442 e. The molecule has 2 aliphatic heterocycles. The number of hydrogen-bond donors (Lipinski definition) is 4. The number of H-pyrrole nitrogens is 1. The number of amides is 3. The second-order valence-corrected chi connectivity index (χ2v) is 9.60. The third kappa shape index (κ3) is 6.15. The van der Waals surface area contributed by atoms with Gasteiger partial charge in [-0.2, -0.15) is 0 Å². The van der Waals surface area contributed by atoms with Crippen molar-refractivity contribution in [2.45, 2.75) is 13.0 Å². The number of carbonyl (C=O) groups is 3. The summed E-state index contributed by atoms with van der Waals surface area (Å²) in [5.74, 6) is -0.390. The van der Waals surface area contributed by atoms with Crippen LogP contribution in [0.15, 0.2) is 36.4 Å². The minimum atomic E-state index is -0.578. The molecule has 0 unspecified atom stereocenters. The fourth-order valence-electron chi connectivity index (χ4n) is 4.70. The van der Waals surface area contributed by atoms with Crippen LogP contribution in [0.25, 0.3) is 11.0 Å². The Morgan fingerprint density at radius 2 is 1.97 bits per heavy atom. The van der Waals surface area contributed by atoms with Crippen molar-refractivity contribution in [3.8, 4) is 0 Å². The zero-order chi connectivity index (χ0) is 27.5. The topological polar surface area (TPSA) is 135 Å². The van der Waals surface area contributed by atoms with Crippen LogP contribution in [0.4, 0.5) is 32.2 Å². The maximum atomic E-state index is 15.1. The molecule has 2 aromatic carbocycles. The van der Waals surface area contributed by atoms with Crippen LogP contribution in [0.3, 0.4) is 0 Å². The Hall–Kier alpha value is -4.10. The average molecular weight is 559 g/mol. The molecule has 2 aliphatic rings. The molecular formula is C25H28ClFN8O4. The molecule has 0 aliphatic carbocycles. The van der Waals surface area contributed by atoms with E-state index in [9.17, 15) is 14.4 Å². The third-order valence-corrected chi connectivity index (χ3v) is 6.81. The zero-order valence-corrected chi connectivity index (χ0v) is 21.9. The molecule has 0 radical (unpaired) electrons. The van der Waals surface area contributed by atoms with Crippen LogP contribution in [0.5, 0.6) is 0 Å². The van der Waals surface area contributed by atoms with E-state index in [2.05, 4.69) is 25.4 Å². The van der Waals surface area contributed by atoms with E-state index in [-0.39, 0.29) is 31.4 Å². The summed E-state index contributed by atoms with van der Waals surface area (Å²) in [6, 6.07) is 10.00. The van der Waals surface area contributed by atoms with Gasteiger partial charge in [-0.15, -0.1) is 0 Å². The van der Waals surface area contributed by atoms with Gasteiger partial charge in [0.25, 0.3) is 0 Å². The summed E-state index contributed by atoms with van der Waals surface area (Å²) < 4.78 is 20.3. The Bertz CT molecular complexity index is 1390. The van der Waals surface area contributed by atoms with Gasteiger partial charge in [-0.1, -0.05) is 0 Å². The Kier molecular flexibility index (Phi) is 7.70. The fraction of sp³-hybridized carbons (Fsp3) is 0.360. The molecule has 4 N–H and O–H groups in total. The number of nitrogens with zero attached hydrogens (tertiary/aromatic N) is 4. The maximum absolute atomic E-state index is 15.1. The number of anilines is 4. The molecule has 0 bridgehead atoms. The number of halogens is 2. The third-order valence-electron chi connectivity index (χ3n) is 6.63. The van der Waals surface area contributed by atoms with Crippen molar-refractivity contribution in [2.75, 3.05) is 65.8 Å². The highest BCUT2D eigenvalue weighted by molar-refractivity contribution is 6.23. The number of hydrogen-bond acceptors (Lipinski definition) is 8. The van der Waals surface area contributed by atoms with Gasteiger partial charge in [-0.05, 0) is 36.4 Å². The minimum absolute atomic E-state index is 0.150. The van der Waals surface area contributed by atoms with Crippen LogP contribution in [0, 0.1) is 5.82 Å². The van der Waals surface area contributed by atoms with Crippen LogP contribution in [0.1, 0.15) is 6.92 Å². The predicted octanol–water partition coefficient (Wildman–Crippen LogP) is 2.49. The SMILES string of the molecule is CC(=O)NC[C@H]1CN(c2ccc(N3CCN(CC(=O)Nc4ccc5nc(NCl)[nH]c5c4)CC3)c(F)c2)C(=O)O1. The molecule has 14 heteroatoms. The molecule has 0 saturated carbocycles. The van der Waals surface area contributed by atoms with Crippen LogP contribution in [0.2, 0.25) is 0 Å². The molecule has 3 amide bonds. The number of nitrogens with one attached hydrogen (secondary N) is 4. The van der Waals surface area contributed by atoms with Gasteiger partial charge < -0.3 is 25.3 Å². The highest BCUT2D eigenvalue weighted by Crippen LogP contribution is 2.28. The summed E-state index contributed by atoms with van der Waals surface area (Å²) >= 11 is 5.58. The lowest BCUT2D eigenvalue weighted by molar-refractivity contribution is -0.119. The first-order chi connectivity index (χ1) is 18.8. The molecule has 3 aromatic rings. The van der Waals surface area contributed by atoms with Crippen LogP contribution in [-0.4, -0.2) is 84.7 Å². The van der Waals surface area contributed by atoms with Gasteiger partial charge in [0.05, 0.1) is 42.0 Å². The van der Waals surface area contributed by atoms with E-state index in [1.807, 2.05) is 9.80 Å². The lowest BCUT2D eigenvalue weighted by atomic mass is 10.2. The van der Waals surface area contributed by atoms with Crippen molar-refractivity contribution in [1.29, 1.82) is 0 Å². The zero-order valence-electron chi connectivity index (χ0n) is 21.2. The van der Waals surface area contributed by atoms with Gasteiger partial charge in [0.15, 0.2) is 0 Å². The van der Waals surface area contributed by atoms with E-state index in [1.165, 1.54) is 17.9 Å². The first-order valence-corrected chi connectivity index (χ1v) is 12.8. The number of aromatic amines is 1. The van der Waals surface area contributed by atoms with Crippen molar-refractivity contribution in [2.24, 2.45) is 0 Å². The number of piperazine rings is 1. The number of ether oxygens (including phenoxy) is 1. The van der Waals surface area contributed by atoms with Gasteiger partial charge in [-0.3, -0.25) is 24.2 Å². The van der Waals surface area contributed by atoms with Gasteiger partial charge in [-0.25, -0.2) is 14.2 Å². The maximum Gasteiger partial charge on any atom is 0.414 e. The summed E-state index contributed by atoms with van der Waals surface area (Å²) in [6.07, 6.45) is -1.07. The molecule has 2 saturated heterocycles. The average Bonchev–Trinajstić information content (AvgIpc) is 3.50. The number of cyclic esters (lactones) is 1. The van der Waals surface area contributed by atoms with Gasteiger partial charge in [0.1, 0.15) is 11.9 Å². The minimum Gasteiger partial charge on any atom is -0.442 e. The van der Waals surface area contributed by atoms with E-state index in [0.29, 0.717) is 49.2 Å². The Balaban J connectivity index is 1.12. The smallest absolute Gasteiger partial charge is 0.414 e. The highest BCUT2D eigenvalue weighted by Gasteiger charge is 2.33. The van der Waals surface area contributed by atoms with E-state index in [4.69, 9.17) is 16.5 Å². The monoisotopic (exact) mass is 558 g/mol. The Morgan fingerprint density at radius 1 is 1.18 bits per heavy atom. The standard InChI is InChI=1S/C25H28ClFN8O4/c1-15(36)28-12-18-13-35(25(38)39-18)17-3-5-22(19(27)11-17)34-8-6-33(7-9-34)14-23(37)29-16-2-4-20-21(10-16)31-24(30-20)32-26/h2-5,10-11,18H,6-9,12-14H2,1H3,(H,28,36)(H,29,37)(H2,30,31,32)/t18-/m0/s1. The first kappa shape index (κ1) is 26.5. The summed E-state index contributed by atoms with van der Waals surface area (Å²) in [7, 11) is 0. The van der Waals surface area contributed by atoms with Gasteiger partial charge in [0, 0.05) is 50.6 Å². The lowest BCUT2D eigenvalue weighted by Gasteiger charge is -2.36. The molecule has 5 rings (SSSR count).